The Hall–Kier alpha value is -2.54. The normalized spacial score (nSPS) is 11.3. The lowest BCUT2D eigenvalue weighted by molar-refractivity contribution is 0.0634. The molecule has 2 N–H and O–H groups in total. The van der Waals surface area contributed by atoms with Crippen LogP contribution in [0.4, 0.5) is 15.0 Å². The van der Waals surface area contributed by atoms with Crippen LogP contribution < -0.4 is 5.32 Å². The zero-order valence-corrected chi connectivity index (χ0v) is 14.8. The number of rotatable bonds is 4. The van der Waals surface area contributed by atoms with Gasteiger partial charge in [0.25, 0.3) is 0 Å². The number of hydrogen-bond acceptors (Lipinski definition) is 5. The molecule has 0 fully saturated rings. The van der Waals surface area contributed by atoms with Crippen molar-refractivity contribution in [3.63, 3.8) is 0 Å². The van der Waals surface area contributed by atoms with E-state index in [1.807, 2.05) is 6.92 Å². The van der Waals surface area contributed by atoms with Gasteiger partial charge in [0.05, 0.1) is 6.61 Å². The van der Waals surface area contributed by atoms with Crippen molar-refractivity contribution < 1.29 is 19.0 Å². The second-order valence-corrected chi connectivity index (χ2v) is 6.68. The van der Waals surface area contributed by atoms with Crippen LogP contribution in [0.2, 0.25) is 0 Å². The van der Waals surface area contributed by atoms with E-state index in [-0.39, 0.29) is 18.8 Å². The summed E-state index contributed by atoms with van der Waals surface area (Å²) < 4.78 is 19.8. The highest BCUT2D eigenvalue weighted by atomic mass is 19.1. The maximum atomic E-state index is 14.7. The molecule has 0 atom stereocenters. The summed E-state index contributed by atoms with van der Waals surface area (Å²) in [5.41, 5.74) is 2.02. The fourth-order valence-corrected chi connectivity index (χ4v) is 2.27. The number of ether oxygens (including phenoxy) is 1. The average Bonchev–Trinajstić information content (AvgIpc) is 2.51. The van der Waals surface area contributed by atoms with Crippen molar-refractivity contribution in [3.8, 4) is 0 Å². The number of anilines is 1. The van der Waals surface area contributed by atoms with Crippen LogP contribution in [0.25, 0.3) is 0 Å². The Kier molecular flexibility index (Phi) is 5.69. The molecule has 0 bridgehead atoms. The lowest BCUT2D eigenvalue weighted by Crippen LogP contribution is -2.28. The van der Waals surface area contributed by atoms with Crippen LogP contribution in [0.15, 0.2) is 24.7 Å². The van der Waals surface area contributed by atoms with Crippen LogP contribution in [0.1, 0.15) is 43.0 Å². The Bertz CT molecular complexity index is 773. The third-order valence-corrected chi connectivity index (χ3v) is 3.56. The number of aliphatic hydroxyl groups excluding tert-OH is 1. The lowest BCUT2D eigenvalue weighted by atomic mass is 10.00. The van der Waals surface area contributed by atoms with Crippen molar-refractivity contribution in [1.29, 1.82) is 0 Å². The molecule has 2 aromatic rings. The molecule has 2 heterocycles. The van der Waals surface area contributed by atoms with E-state index in [4.69, 9.17) is 4.74 Å². The Morgan fingerprint density at radius 2 is 1.96 bits per heavy atom. The molecule has 0 spiro atoms. The largest absolute Gasteiger partial charge is 0.444 e. The van der Waals surface area contributed by atoms with Crippen molar-refractivity contribution in [2.24, 2.45) is 0 Å². The van der Waals surface area contributed by atoms with Gasteiger partial charge in [0, 0.05) is 25.0 Å². The van der Waals surface area contributed by atoms with E-state index >= 15 is 0 Å². The molecular weight excluding hydrogens is 325 g/mol. The van der Waals surface area contributed by atoms with Gasteiger partial charge in [-0.05, 0) is 56.0 Å². The molecule has 0 aliphatic heterocycles. The van der Waals surface area contributed by atoms with E-state index in [1.165, 1.54) is 6.20 Å². The number of aromatic nitrogens is 2. The zero-order chi connectivity index (χ0) is 18.6. The maximum Gasteiger partial charge on any atom is 0.413 e. The average molecular weight is 347 g/mol. The van der Waals surface area contributed by atoms with Crippen molar-refractivity contribution in [3.05, 3.63) is 52.7 Å². The summed E-state index contributed by atoms with van der Waals surface area (Å²) in [4.78, 5) is 19.7. The second kappa shape index (κ2) is 7.57. The van der Waals surface area contributed by atoms with E-state index in [0.29, 0.717) is 11.1 Å². The number of aliphatic hydroxyl groups is 1. The first kappa shape index (κ1) is 18.8. The topological polar surface area (TPSA) is 84.3 Å². The standard InChI is InChI=1S/C18H22FN3O3/c1-11-13(8-20-9-14(11)10-23)7-12-5-6-21-16(15(12)19)22-17(24)25-18(2,3)4/h5-6,8-9,23H,7,10H2,1-4H3,(H,21,22,24). The highest BCUT2D eigenvalue weighted by Crippen LogP contribution is 2.22. The minimum absolute atomic E-state index is 0.128. The zero-order valence-electron chi connectivity index (χ0n) is 14.8. The Balaban J connectivity index is 2.23. The molecule has 25 heavy (non-hydrogen) atoms. The van der Waals surface area contributed by atoms with E-state index in [0.717, 1.165) is 11.1 Å². The van der Waals surface area contributed by atoms with Gasteiger partial charge in [-0.1, -0.05) is 0 Å². The highest BCUT2D eigenvalue weighted by Gasteiger charge is 2.19. The van der Waals surface area contributed by atoms with Crippen molar-refractivity contribution in [2.75, 3.05) is 5.32 Å². The van der Waals surface area contributed by atoms with Gasteiger partial charge < -0.3 is 9.84 Å². The molecule has 7 heteroatoms. The number of carbonyl (C=O) groups excluding carboxylic acids is 1. The third-order valence-electron chi connectivity index (χ3n) is 3.56. The molecule has 2 aromatic heterocycles. The minimum atomic E-state index is -0.767. The molecule has 134 valence electrons. The number of amides is 1. The van der Waals surface area contributed by atoms with Gasteiger partial charge in [-0.2, -0.15) is 0 Å². The number of nitrogens with zero attached hydrogens (tertiary/aromatic N) is 2. The fraction of sp³-hybridized carbons (Fsp3) is 0.389. The molecule has 0 saturated heterocycles. The Morgan fingerprint density at radius 3 is 2.60 bits per heavy atom. The number of pyridine rings is 2. The van der Waals surface area contributed by atoms with Crippen LogP contribution in [0, 0.1) is 12.7 Å². The number of hydrogen-bond donors (Lipinski definition) is 2. The van der Waals surface area contributed by atoms with Crippen LogP contribution in [0.5, 0.6) is 0 Å². The lowest BCUT2D eigenvalue weighted by Gasteiger charge is -2.19. The van der Waals surface area contributed by atoms with Gasteiger partial charge in [-0.3, -0.25) is 10.3 Å². The molecule has 0 radical (unpaired) electrons. The van der Waals surface area contributed by atoms with Gasteiger partial charge in [0.2, 0.25) is 0 Å². The Morgan fingerprint density at radius 1 is 1.28 bits per heavy atom. The predicted molar refractivity (Wildman–Crippen MR) is 91.8 cm³/mol. The second-order valence-electron chi connectivity index (χ2n) is 6.68. The molecule has 1 amide bonds. The van der Waals surface area contributed by atoms with E-state index in [9.17, 15) is 14.3 Å². The number of nitrogens with one attached hydrogen (secondary N) is 1. The van der Waals surface area contributed by atoms with Gasteiger partial charge in [0.1, 0.15) is 5.60 Å². The van der Waals surface area contributed by atoms with Gasteiger partial charge >= 0.3 is 6.09 Å². The van der Waals surface area contributed by atoms with Crippen LogP contribution in [0.3, 0.4) is 0 Å². The van der Waals surface area contributed by atoms with Gasteiger partial charge in [-0.25, -0.2) is 14.2 Å². The van der Waals surface area contributed by atoms with Crippen LogP contribution in [-0.4, -0.2) is 26.8 Å². The summed E-state index contributed by atoms with van der Waals surface area (Å²) in [6.07, 6.45) is 4.14. The SMILES string of the molecule is Cc1c(CO)cncc1Cc1ccnc(NC(=O)OC(C)(C)C)c1F. The smallest absolute Gasteiger partial charge is 0.413 e. The Labute approximate surface area is 146 Å². The van der Waals surface area contributed by atoms with Crippen LogP contribution in [-0.2, 0) is 17.8 Å². The molecule has 0 aliphatic rings. The van der Waals surface area contributed by atoms with Gasteiger partial charge in [0.15, 0.2) is 11.6 Å². The maximum absolute atomic E-state index is 14.7. The summed E-state index contributed by atoms with van der Waals surface area (Å²) in [6.45, 7) is 6.88. The molecule has 0 unspecified atom stereocenters. The monoisotopic (exact) mass is 347 g/mol. The van der Waals surface area contributed by atoms with Crippen LogP contribution >= 0.6 is 0 Å². The summed E-state index contributed by atoms with van der Waals surface area (Å²) in [5.74, 6) is -0.808. The minimum Gasteiger partial charge on any atom is -0.444 e. The molecule has 0 saturated carbocycles. The number of halogens is 1. The first-order valence-corrected chi connectivity index (χ1v) is 7.88. The molecule has 0 aliphatic carbocycles. The molecular formula is C18H22FN3O3. The van der Waals surface area contributed by atoms with E-state index in [2.05, 4.69) is 15.3 Å². The van der Waals surface area contributed by atoms with Crippen molar-refractivity contribution in [2.45, 2.75) is 46.3 Å². The third kappa shape index (κ3) is 4.96. The summed E-state index contributed by atoms with van der Waals surface area (Å²) in [6, 6.07) is 1.54. The first-order valence-electron chi connectivity index (χ1n) is 7.88. The van der Waals surface area contributed by atoms with Gasteiger partial charge in [-0.15, -0.1) is 0 Å². The fourth-order valence-electron chi connectivity index (χ4n) is 2.27. The van der Waals surface area contributed by atoms with E-state index < -0.39 is 17.5 Å². The number of carbonyl (C=O) groups is 1. The molecule has 2 rings (SSSR count). The summed E-state index contributed by atoms with van der Waals surface area (Å²) >= 11 is 0. The molecule has 6 nitrogen and oxygen atoms in total. The predicted octanol–water partition coefficient (Wildman–Crippen LogP) is 3.35. The summed E-state index contributed by atoms with van der Waals surface area (Å²) in [7, 11) is 0. The van der Waals surface area contributed by atoms with E-state index in [1.54, 1.807) is 39.2 Å². The van der Waals surface area contributed by atoms with Crippen molar-refractivity contribution in [1.82, 2.24) is 9.97 Å². The molecule has 0 aromatic carbocycles. The quantitative estimate of drug-likeness (QED) is 0.886. The highest BCUT2D eigenvalue weighted by molar-refractivity contribution is 5.83. The van der Waals surface area contributed by atoms with Crippen molar-refractivity contribution >= 4 is 11.9 Å². The first-order chi connectivity index (χ1) is 11.7. The summed E-state index contributed by atoms with van der Waals surface area (Å²) in [5, 5.41) is 11.6.